The van der Waals surface area contributed by atoms with Gasteiger partial charge in [0.25, 0.3) is 0 Å². The van der Waals surface area contributed by atoms with Crippen molar-refractivity contribution in [1.82, 2.24) is 0 Å². The lowest BCUT2D eigenvalue weighted by atomic mass is 9.97. The minimum atomic E-state index is -1.24. The van der Waals surface area contributed by atoms with Gasteiger partial charge in [-0.2, -0.15) is 0 Å². The van der Waals surface area contributed by atoms with E-state index in [1.807, 2.05) is 0 Å². The van der Waals surface area contributed by atoms with Crippen LogP contribution in [0.1, 0.15) is 39.6 Å². The first-order valence-corrected chi connectivity index (χ1v) is 8.70. The molecular formula is C21H20O8. The molecule has 0 unspecified atom stereocenters. The van der Waals surface area contributed by atoms with E-state index in [-0.39, 0.29) is 41.4 Å². The minimum Gasteiger partial charge on any atom is -0.507 e. The van der Waals surface area contributed by atoms with Gasteiger partial charge < -0.3 is 24.8 Å². The molecule has 2 aromatic rings. The van der Waals surface area contributed by atoms with Crippen molar-refractivity contribution in [2.24, 2.45) is 0 Å². The van der Waals surface area contributed by atoms with Crippen molar-refractivity contribution in [3.63, 3.8) is 0 Å². The van der Waals surface area contributed by atoms with Gasteiger partial charge in [-0.05, 0) is 31.2 Å². The molecule has 0 fully saturated rings. The average Bonchev–Trinajstić information content (AvgIpc) is 2.72. The number of aromatic hydroxyl groups is 1. The van der Waals surface area contributed by atoms with Crippen LogP contribution in [0.2, 0.25) is 0 Å². The van der Waals surface area contributed by atoms with Gasteiger partial charge in [0, 0.05) is 18.1 Å². The van der Waals surface area contributed by atoms with Crippen LogP contribution in [0.5, 0.6) is 11.5 Å². The van der Waals surface area contributed by atoms with Crippen LogP contribution in [0.25, 0.3) is 0 Å². The van der Waals surface area contributed by atoms with Crippen molar-refractivity contribution >= 4 is 17.7 Å². The first kappa shape index (κ1) is 21.5. The number of allylic oxidation sites excluding steroid dienone is 1. The van der Waals surface area contributed by atoms with E-state index in [0.29, 0.717) is 6.42 Å². The zero-order chi connectivity index (χ0) is 21.4. The third-order valence-electron chi connectivity index (χ3n) is 3.89. The molecule has 0 aromatic heterocycles. The number of carboxylic acids is 1. The molecule has 0 aliphatic heterocycles. The van der Waals surface area contributed by atoms with Gasteiger partial charge in [-0.25, -0.2) is 9.59 Å². The van der Waals surface area contributed by atoms with Crippen molar-refractivity contribution < 1.29 is 39.2 Å². The molecule has 0 aliphatic carbocycles. The Bertz CT molecular complexity index is 945. The van der Waals surface area contributed by atoms with Crippen LogP contribution in [0.3, 0.4) is 0 Å². The van der Waals surface area contributed by atoms with E-state index in [1.165, 1.54) is 55.5 Å². The van der Waals surface area contributed by atoms with Gasteiger partial charge in [0.05, 0.1) is 24.3 Å². The molecule has 2 aromatic carbocycles. The molecule has 3 N–H and O–H groups in total. The van der Waals surface area contributed by atoms with Gasteiger partial charge in [0.1, 0.15) is 11.5 Å². The molecule has 0 saturated heterocycles. The van der Waals surface area contributed by atoms with Crippen molar-refractivity contribution in [3.05, 3.63) is 71.0 Å². The predicted octanol–water partition coefficient (Wildman–Crippen LogP) is 3.10. The number of benzene rings is 2. The quantitative estimate of drug-likeness (QED) is 0.192. The summed E-state index contributed by atoms with van der Waals surface area (Å²) >= 11 is 0. The normalized spacial score (nSPS) is 11.0. The first-order valence-electron chi connectivity index (χ1n) is 8.70. The number of aliphatic hydroxyl groups is 1. The summed E-state index contributed by atoms with van der Waals surface area (Å²) in [5, 5.41) is 28.5. The van der Waals surface area contributed by atoms with Gasteiger partial charge in [0.2, 0.25) is 0 Å². The summed E-state index contributed by atoms with van der Waals surface area (Å²) in [4.78, 5) is 35.1. The smallest absolute Gasteiger partial charge is 0.373 e. The van der Waals surface area contributed by atoms with Crippen LogP contribution < -0.4 is 4.74 Å². The van der Waals surface area contributed by atoms with E-state index in [4.69, 9.17) is 14.6 Å². The number of esters is 1. The summed E-state index contributed by atoms with van der Waals surface area (Å²) in [6, 6.07) is 9.79. The molecule has 2 rings (SSSR count). The largest absolute Gasteiger partial charge is 0.507 e. The molecule has 0 radical (unpaired) electrons. The van der Waals surface area contributed by atoms with Gasteiger partial charge in [-0.3, -0.25) is 4.79 Å². The number of hydrogen-bond acceptors (Lipinski definition) is 7. The number of phenolic OH excluding ortho intramolecular Hbond substituents is 1. The molecule has 0 heterocycles. The second kappa shape index (κ2) is 9.93. The summed E-state index contributed by atoms with van der Waals surface area (Å²) < 4.78 is 10.2. The Morgan fingerprint density at radius 1 is 0.966 bits per heavy atom. The highest BCUT2D eigenvalue weighted by Gasteiger charge is 2.20. The highest BCUT2D eigenvalue weighted by molar-refractivity contribution is 6.15. The number of ketones is 1. The first-order chi connectivity index (χ1) is 13.8. The van der Waals surface area contributed by atoms with Gasteiger partial charge in [0.15, 0.2) is 11.5 Å². The number of carboxylic acid groups (broad SMARTS) is 1. The van der Waals surface area contributed by atoms with Crippen molar-refractivity contribution in [3.8, 4) is 11.5 Å². The lowest BCUT2D eigenvalue weighted by Crippen LogP contribution is -2.11. The summed E-state index contributed by atoms with van der Waals surface area (Å²) in [7, 11) is 0. The number of aromatic carboxylic acids is 1. The Labute approximate surface area is 166 Å². The topological polar surface area (TPSA) is 130 Å². The zero-order valence-corrected chi connectivity index (χ0v) is 15.6. The highest BCUT2D eigenvalue weighted by Crippen LogP contribution is 2.27. The molecule has 29 heavy (non-hydrogen) atoms. The Balaban J connectivity index is 1.98. The molecule has 0 spiro atoms. The van der Waals surface area contributed by atoms with Crippen LogP contribution >= 0.6 is 0 Å². The van der Waals surface area contributed by atoms with E-state index >= 15 is 0 Å². The molecule has 0 bridgehead atoms. The molecule has 8 nitrogen and oxygen atoms in total. The number of carbonyl (C=O) groups excluding carboxylic acids is 2. The molecular weight excluding hydrogens is 380 g/mol. The van der Waals surface area contributed by atoms with Crippen LogP contribution in [-0.4, -0.2) is 46.3 Å². The third kappa shape index (κ3) is 5.58. The number of ether oxygens (including phenoxy) is 2. The Morgan fingerprint density at radius 3 is 2.28 bits per heavy atom. The fourth-order valence-corrected chi connectivity index (χ4v) is 2.41. The Kier molecular flexibility index (Phi) is 7.36. The van der Waals surface area contributed by atoms with E-state index in [2.05, 4.69) is 0 Å². The maximum Gasteiger partial charge on any atom is 0.373 e. The molecule has 0 saturated carbocycles. The van der Waals surface area contributed by atoms with E-state index in [0.717, 1.165) is 0 Å². The zero-order valence-electron chi connectivity index (χ0n) is 15.6. The number of aliphatic hydroxyl groups excluding tert-OH is 1. The van der Waals surface area contributed by atoms with E-state index in [9.17, 15) is 24.6 Å². The Hall–Kier alpha value is -3.81. The number of rotatable bonds is 9. The lowest BCUT2D eigenvalue weighted by molar-refractivity contribution is -0.142. The maximum absolute atomic E-state index is 12.6. The average molecular weight is 400 g/mol. The van der Waals surface area contributed by atoms with Crippen LogP contribution in [0.4, 0.5) is 0 Å². The lowest BCUT2D eigenvalue weighted by Gasteiger charge is -2.10. The third-order valence-corrected chi connectivity index (χ3v) is 3.89. The van der Waals surface area contributed by atoms with Crippen LogP contribution in [-0.2, 0) is 9.53 Å². The van der Waals surface area contributed by atoms with Crippen molar-refractivity contribution in [2.75, 3.05) is 13.2 Å². The Morgan fingerprint density at radius 2 is 1.66 bits per heavy atom. The molecule has 8 heteroatoms. The molecule has 152 valence electrons. The monoisotopic (exact) mass is 400 g/mol. The summed E-state index contributed by atoms with van der Waals surface area (Å²) in [6.07, 6.45) is 1.56. The summed E-state index contributed by atoms with van der Waals surface area (Å²) in [5.41, 5.74) is -0.243. The van der Waals surface area contributed by atoms with Gasteiger partial charge in [-0.1, -0.05) is 18.2 Å². The minimum absolute atomic E-state index is 0.0323. The fourth-order valence-electron chi connectivity index (χ4n) is 2.41. The number of hydrogen-bond donors (Lipinski definition) is 3. The van der Waals surface area contributed by atoms with Crippen molar-refractivity contribution in [1.29, 1.82) is 0 Å². The SMILES string of the molecule is CC=C(O)C(=O)OCCCOc1ccc(C(=O)c2ccccc2C(=O)O)c(O)c1. The van der Waals surface area contributed by atoms with Gasteiger partial charge >= 0.3 is 11.9 Å². The second-order valence-corrected chi connectivity index (χ2v) is 5.87. The van der Waals surface area contributed by atoms with Crippen molar-refractivity contribution in [2.45, 2.75) is 13.3 Å². The fraction of sp³-hybridized carbons (Fsp3) is 0.190. The second-order valence-electron chi connectivity index (χ2n) is 5.87. The van der Waals surface area contributed by atoms with Crippen LogP contribution in [0, 0.1) is 0 Å². The van der Waals surface area contributed by atoms with Crippen LogP contribution in [0.15, 0.2) is 54.3 Å². The van der Waals surface area contributed by atoms with E-state index in [1.54, 1.807) is 0 Å². The van der Waals surface area contributed by atoms with Gasteiger partial charge in [-0.15, -0.1) is 0 Å². The predicted molar refractivity (Wildman–Crippen MR) is 102 cm³/mol. The standard InChI is InChI=1S/C21H20O8/c1-2-17(22)21(27)29-11-5-10-28-13-8-9-16(18(23)12-13)19(24)14-6-3-4-7-15(14)20(25)26/h2-4,6-9,12,22-23H,5,10-11H2,1H3,(H,25,26). The molecule has 0 atom stereocenters. The van der Waals surface area contributed by atoms with E-state index < -0.39 is 23.5 Å². The molecule has 0 aliphatic rings. The number of carbonyl (C=O) groups is 3. The maximum atomic E-state index is 12.6. The summed E-state index contributed by atoms with van der Waals surface area (Å²) in [5.74, 6) is -3.22. The number of phenols is 1. The highest BCUT2D eigenvalue weighted by atomic mass is 16.5. The summed E-state index contributed by atoms with van der Waals surface area (Å²) in [6.45, 7) is 1.70. The molecule has 0 amide bonds.